The Morgan fingerprint density at radius 3 is 1.92 bits per heavy atom. The molecule has 0 bridgehead atoms. The molecule has 0 spiro atoms. The summed E-state index contributed by atoms with van der Waals surface area (Å²) in [5.41, 5.74) is 0. The Balaban J connectivity index is 3.80. The average molecular weight is 360 g/mol. The predicted molar refractivity (Wildman–Crippen MR) is 108 cm³/mol. The number of carboxylic acid groups (broad SMARTS) is 1. The van der Waals surface area contributed by atoms with E-state index in [-0.39, 0.29) is 12.8 Å². The van der Waals surface area contributed by atoms with E-state index in [0.29, 0.717) is 6.42 Å². The van der Waals surface area contributed by atoms with Crippen molar-refractivity contribution in [3.8, 4) is 0 Å². The summed E-state index contributed by atoms with van der Waals surface area (Å²) >= 11 is 0. The molecule has 0 aromatic rings. The van der Waals surface area contributed by atoms with Crippen molar-refractivity contribution in [1.82, 2.24) is 0 Å². The van der Waals surface area contributed by atoms with Crippen LogP contribution in [0.25, 0.3) is 0 Å². The molecule has 0 aromatic heterocycles. The van der Waals surface area contributed by atoms with Crippen LogP contribution >= 0.6 is 0 Å². The summed E-state index contributed by atoms with van der Waals surface area (Å²) in [7, 11) is 0. The molecule has 0 radical (unpaired) electrons. The lowest BCUT2D eigenvalue weighted by Gasteiger charge is -2.00. The van der Waals surface area contributed by atoms with Gasteiger partial charge in [0.2, 0.25) is 0 Å². The highest BCUT2D eigenvalue weighted by molar-refractivity contribution is 5.66. The zero-order valence-corrected chi connectivity index (χ0v) is 15.6. The van der Waals surface area contributed by atoms with Gasteiger partial charge in [-0.2, -0.15) is 0 Å². The normalized spacial score (nSPS) is 15.5. The van der Waals surface area contributed by atoms with Crippen LogP contribution in [0.4, 0.5) is 0 Å². The van der Waals surface area contributed by atoms with Gasteiger partial charge < -0.3 is 15.3 Å². The van der Waals surface area contributed by atoms with E-state index in [1.165, 1.54) is 0 Å². The van der Waals surface area contributed by atoms with Gasteiger partial charge in [0, 0.05) is 6.42 Å². The summed E-state index contributed by atoms with van der Waals surface area (Å²) < 4.78 is 0. The Morgan fingerprint density at radius 1 is 0.808 bits per heavy atom. The van der Waals surface area contributed by atoms with E-state index in [9.17, 15) is 15.0 Å². The summed E-state index contributed by atoms with van der Waals surface area (Å²) in [6, 6.07) is 0. The fraction of sp³-hybridized carbons (Fsp3) is 0.409. The van der Waals surface area contributed by atoms with Crippen LogP contribution in [0.3, 0.4) is 0 Å². The van der Waals surface area contributed by atoms with E-state index in [4.69, 9.17) is 5.11 Å². The summed E-state index contributed by atoms with van der Waals surface area (Å²) in [6.07, 6.45) is 25.1. The van der Waals surface area contributed by atoms with Crippen molar-refractivity contribution >= 4 is 5.97 Å². The van der Waals surface area contributed by atoms with E-state index < -0.39 is 18.2 Å². The van der Waals surface area contributed by atoms with Gasteiger partial charge in [0.15, 0.2) is 0 Å². The van der Waals surface area contributed by atoms with E-state index in [1.807, 2.05) is 48.6 Å². The Bertz CT molecular complexity index is 524. The molecule has 0 aliphatic carbocycles. The number of carbonyl (C=O) groups is 1. The molecule has 26 heavy (non-hydrogen) atoms. The molecule has 144 valence electrons. The van der Waals surface area contributed by atoms with Crippen molar-refractivity contribution in [1.29, 1.82) is 0 Å². The van der Waals surface area contributed by atoms with Crippen LogP contribution in [0.5, 0.6) is 0 Å². The molecule has 4 heteroatoms. The van der Waals surface area contributed by atoms with Crippen molar-refractivity contribution < 1.29 is 20.1 Å². The zero-order valence-electron chi connectivity index (χ0n) is 15.6. The van der Waals surface area contributed by atoms with E-state index in [1.54, 1.807) is 18.2 Å². The maximum Gasteiger partial charge on any atom is 0.303 e. The highest BCUT2D eigenvalue weighted by Crippen LogP contribution is 2.00. The zero-order chi connectivity index (χ0) is 19.5. The fourth-order valence-corrected chi connectivity index (χ4v) is 1.90. The Morgan fingerprint density at radius 2 is 1.38 bits per heavy atom. The molecular weight excluding hydrogens is 328 g/mol. The molecule has 0 saturated carbocycles. The van der Waals surface area contributed by atoms with Crippen LogP contribution in [0.1, 0.15) is 45.4 Å². The van der Waals surface area contributed by atoms with Crippen LogP contribution in [-0.4, -0.2) is 33.5 Å². The molecule has 0 aliphatic rings. The van der Waals surface area contributed by atoms with Gasteiger partial charge in [-0.15, -0.1) is 0 Å². The van der Waals surface area contributed by atoms with Crippen molar-refractivity contribution in [2.45, 2.75) is 57.7 Å². The van der Waals surface area contributed by atoms with Gasteiger partial charge in [0.05, 0.1) is 12.2 Å². The van der Waals surface area contributed by atoms with E-state index in [0.717, 1.165) is 19.3 Å². The van der Waals surface area contributed by atoms with Crippen molar-refractivity contribution in [2.24, 2.45) is 0 Å². The molecule has 0 saturated heterocycles. The smallest absolute Gasteiger partial charge is 0.303 e. The number of aliphatic hydroxyl groups is 2. The lowest BCUT2D eigenvalue weighted by Crippen LogP contribution is -2.05. The van der Waals surface area contributed by atoms with Crippen LogP contribution in [0, 0.1) is 0 Å². The first kappa shape index (κ1) is 23.8. The SMILES string of the molecule is CC/C=C\C[C@H](O)/C=C/C=C\C/C=C/C/C=C\C=C\[C@H](O)CCC(=O)O. The Kier molecular flexibility index (Phi) is 16.2. The summed E-state index contributed by atoms with van der Waals surface area (Å²) in [5, 5.41) is 27.7. The number of hydrogen-bond donors (Lipinski definition) is 3. The molecule has 0 unspecified atom stereocenters. The molecular formula is C22H32O4. The molecule has 0 aliphatic heterocycles. The van der Waals surface area contributed by atoms with Crippen LogP contribution in [0.15, 0.2) is 72.9 Å². The molecule has 4 nitrogen and oxygen atoms in total. The summed E-state index contributed by atoms with van der Waals surface area (Å²) in [5.74, 6) is -0.900. The number of allylic oxidation sites excluding steroid dienone is 9. The number of aliphatic hydroxyl groups excluding tert-OH is 2. The minimum absolute atomic E-state index is 0.0322. The second-order valence-electron chi connectivity index (χ2n) is 5.75. The van der Waals surface area contributed by atoms with Gasteiger partial charge in [-0.3, -0.25) is 4.79 Å². The lowest BCUT2D eigenvalue weighted by atomic mass is 10.2. The van der Waals surface area contributed by atoms with Gasteiger partial charge in [-0.25, -0.2) is 0 Å². The van der Waals surface area contributed by atoms with Gasteiger partial charge in [0.25, 0.3) is 0 Å². The Hall–Kier alpha value is -2.17. The Labute approximate surface area is 157 Å². The number of rotatable bonds is 14. The predicted octanol–water partition coefficient (Wildman–Crippen LogP) is 4.49. The lowest BCUT2D eigenvalue weighted by molar-refractivity contribution is -0.137. The molecule has 0 heterocycles. The standard InChI is InChI=1S/C22H32O4/c1-2-3-12-15-20(23)16-13-10-8-6-4-5-7-9-11-14-17-21(24)18-19-22(25)26/h3-5,8-14,16-17,20-21,23-24H,2,6-7,15,18-19H2,1H3,(H,25,26)/b5-4+,10-8-,11-9-,12-3-,16-13+,17-14+/t20-,21-/m0/s1. The maximum absolute atomic E-state index is 10.4. The average Bonchev–Trinajstić information content (AvgIpc) is 2.61. The molecule has 0 aromatic carbocycles. The highest BCUT2D eigenvalue weighted by Gasteiger charge is 2.02. The molecule has 3 N–H and O–H groups in total. The largest absolute Gasteiger partial charge is 0.481 e. The van der Waals surface area contributed by atoms with Gasteiger partial charge >= 0.3 is 5.97 Å². The fourth-order valence-electron chi connectivity index (χ4n) is 1.90. The van der Waals surface area contributed by atoms with Gasteiger partial charge in [0.1, 0.15) is 0 Å². The first-order valence-corrected chi connectivity index (χ1v) is 9.10. The van der Waals surface area contributed by atoms with Crippen molar-refractivity contribution in [3.63, 3.8) is 0 Å². The van der Waals surface area contributed by atoms with Crippen molar-refractivity contribution in [2.75, 3.05) is 0 Å². The monoisotopic (exact) mass is 360 g/mol. The number of aliphatic carboxylic acids is 1. The van der Waals surface area contributed by atoms with E-state index in [2.05, 4.69) is 13.0 Å². The number of hydrogen-bond acceptors (Lipinski definition) is 3. The second-order valence-corrected chi connectivity index (χ2v) is 5.75. The minimum Gasteiger partial charge on any atom is -0.481 e. The summed E-state index contributed by atoms with van der Waals surface area (Å²) in [6.45, 7) is 2.07. The van der Waals surface area contributed by atoms with Crippen LogP contribution < -0.4 is 0 Å². The second kappa shape index (κ2) is 17.6. The quantitative estimate of drug-likeness (QED) is 0.315. The van der Waals surface area contributed by atoms with Gasteiger partial charge in [-0.05, 0) is 32.1 Å². The molecule has 0 fully saturated rings. The molecule has 0 rings (SSSR count). The third kappa shape index (κ3) is 18.2. The van der Waals surface area contributed by atoms with Crippen LogP contribution in [0.2, 0.25) is 0 Å². The third-order valence-electron chi connectivity index (χ3n) is 3.31. The highest BCUT2D eigenvalue weighted by atomic mass is 16.4. The van der Waals surface area contributed by atoms with Gasteiger partial charge in [-0.1, -0.05) is 79.8 Å². The van der Waals surface area contributed by atoms with Crippen LogP contribution in [-0.2, 0) is 4.79 Å². The first-order valence-electron chi connectivity index (χ1n) is 9.10. The molecule has 2 atom stereocenters. The summed E-state index contributed by atoms with van der Waals surface area (Å²) in [4.78, 5) is 10.4. The maximum atomic E-state index is 10.4. The third-order valence-corrected chi connectivity index (χ3v) is 3.31. The topological polar surface area (TPSA) is 77.8 Å². The minimum atomic E-state index is -0.900. The molecule has 0 amide bonds. The van der Waals surface area contributed by atoms with E-state index >= 15 is 0 Å². The van der Waals surface area contributed by atoms with Crippen molar-refractivity contribution in [3.05, 3.63) is 72.9 Å². The number of carboxylic acids is 1. The first-order chi connectivity index (χ1) is 12.6.